The number of carbonyl (C=O) groups is 1. The van der Waals surface area contributed by atoms with Crippen LogP contribution in [0.4, 0.5) is 5.69 Å². The third kappa shape index (κ3) is 3.98. The maximum atomic E-state index is 12.3. The average molecular weight is 335 g/mol. The lowest BCUT2D eigenvalue weighted by Crippen LogP contribution is -2.21. The van der Waals surface area contributed by atoms with Gasteiger partial charge in [0.05, 0.1) is 5.56 Å². The average Bonchev–Trinajstić information content (AvgIpc) is 3.04. The van der Waals surface area contributed by atoms with Crippen molar-refractivity contribution in [2.24, 2.45) is 0 Å². The molecule has 0 bridgehead atoms. The minimum Gasteiger partial charge on any atom is -0.482 e. The highest BCUT2D eigenvalue weighted by Gasteiger charge is 2.21. The molecule has 0 fully saturated rings. The Balaban J connectivity index is 1.63. The van der Waals surface area contributed by atoms with E-state index in [4.69, 9.17) is 10.00 Å². The van der Waals surface area contributed by atoms with Gasteiger partial charge in [0.2, 0.25) is 0 Å². The number of hydrogen-bond acceptors (Lipinski definition) is 4. The molecule has 2 aromatic carbocycles. The van der Waals surface area contributed by atoms with Crippen molar-refractivity contribution in [3.05, 3.63) is 59.2 Å². The fraction of sp³-hybridized carbons (Fsp3) is 0.300. The maximum absolute atomic E-state index is 12.3. The molecule has 1 N–H and O–H groups in total. The summed E-state index contributed by atoms with van der Waals surface area (Å²) in [5, 5.41) is 12.0. The van der Waals surface area contributed by atoms with Crippen molar-refractivity contribution in [1.82, 2.24) is 4.90 Å². The molecule has 0 saturated carbocycles. The van der Waals surface area contributed by atoms with Crippen molar-refractivity contribution in [1.29, 1.82) is 5.26 Å². The van der Waals surface area contributed by atoms with Crippen LogP contribution in [0, 0.1) is 11.3 Å². The monoisotopic (exact) mass is 335 g/mol. The Morgan fingerprint density at radius 3 is 2.88 bits per heavy atom. The molecule has 0 radical (unpaired) electrons. The number of nitrogens with one attached hydrogen (secondary N) is 1. The highest BCUT2D eigenvalue weighted by molar-refractivity contribution is 5.93. The number of ether oxygens (including phenoxy) is 1. The van der Waals surface area contributed by atoms with E-state index >= 15 is 0 Å². The van der Waals surface area contributed by atoms with Gasteiger partial charge in [-0.15, -0.1) is 0 Å². The summed E-state index contributed by atoms with van der Waals surface area (Å²) in [4.78, 5) is 14.6. The number of rotatable bonds is 6. The number of carbonyl (C=O) groups excluding carboxylic acids is 1. The molecular weight excluding hydrogens is 314 g/mol. The topological polar surface area (TPSA) is 65.4 Å². The zero-order valence-electron chi connectivity index (χ0n) is 14.3. The smallest absolute Gasteiger partial charge is 0.262 e. The van der Waals surface area contributed by atoms with Crippen LogP contribution in [-0.4, -0.2) is 24.0 Å². The molecule has 0 unspecified atom stereocenters. The summed E-state index contributed by atoms with van der Waals surface area (Å²) in [6.07, 6.45) is 1.11. The molecule has 128 valence electrons. The quantitative estimate of drug-likeness (QED) is 0.879. The van der Waals surface area contributed by atoms with Crippen molar-refractivity contribution in [3.8, 4) is 11.8 Å². The van der Waals surface area contributed by atoms with E-state index in [0.29, 0.717) is 11.3 Å². The van der Waals surface area contributed by atoms with E-state index in [0.717, 1.165) is 31.7 Å². The fourth-order valence-corrected chi connectivity index (χ4v) is 3.10. The number of fused-ring (bicyclic) bond motifs is 1. The number of hydrogen-bond donors (Lipinski definition) is 1. The molecule has 1 amide bonds. The molecule has 25 heavy (non-hydrogen) atoms. The van der Waals surface area contributed by atoms with Crippen LogP contribution < -0.4 is 10.1 Å². The van der Waals surface area contributed by atoms with Gasteiger partial charge in [-0.2, -0.15) is 5.26 Å². The Bertz CT molecular complexity index is 811. The van der Waals surface area contributed by atoms with Crippen LogP contribution in [0.5, 0.6) is 5.75 Å². The van der Waals surface area contributed by atoms with Crippen LogP contribution in [0.2, 0.25) is 0 Å². The molecule has 1 aliphatic heterocycles. The van der Waals surface area contributed by atoms with E-state index in [9.17, 15) is 4.79 Å². The summed E-state index contributed by atoms with van der Waals surface area (Å²) in [5.41, 5.74) is 3.72. The first-order chi connectivity index (χ1) is 12.2. The summed E-state index contributed by atoms with van der Waals surface area (Å²) < 4.78 is 5.50. The normalized spacial score (nSPS) is 13.1. The van der Waals surface area contributed by atoms with Crippen LogP contribution in [0.3, 0.4) is 0 Å². The molecule has 1 aliphatic rings. The standard InChI is InChI=1S/C20H21N3O2/c1-2-10-23-12-16-7-5-8-18(17(16)13-23)22-20(24)14-25-19-9-4-3-6-15(19)11-21/h3-9H,2,10,12-14H2,1H3,(H,22,24). The van der Waals surface area contributed by atoms with Gasteiger partial charge in [-0.1, -0.05) is 31.2 Å². The number of nitrogens with zero attached hydrogens (tertiary/aromatic N) is 2. The van der Waals surface area contributed by atoms with Gasteiger partial charge < -0.3 is 10.1 Å². The number of anilines is 1. The Morgan fingerprint density at radius 2 is 2.08 bits per heavy atom. The van der Waals surface area contributed by atoms with Crippen molar-refractivity contribution < 1.29 is 9.53 Å². The highest BCUT2D eigenvalue weighted by Crippen LogP contribution is 2.29. The lowest BCUT2D eigenvalue weighted by molar-refractivity contribution is -0.118. The third-order valence-corrected chi connectivity index (χ3v) is 4.23. The predicted molar refractivity (Wildman–Crippen MR) is 96.1 cm³/mol. The summed E-state index contributed by atoms with van der Waals surface area (Å²) in [6.45, 7) is 4.88. The molecule has 0 aromatic heterocycles. The molecule has 1 heterocycles. The first-order valence-corrected chi connectivity index (χ1v) is 8.46. The van der Waals surface area contributed by atoms with Gasteiger partial charge >= 0.3 is 0 Å². The third-order valence-electron chi connectivity index (χ3n) is 4.23. The number of benzene rings is 2. The molecule has 3 rings (SSSR count). The Kier molecular flexibility index (Phi) is 5.32. The van der Waals surface area contributed by atoms with Crippen LogP contribution in [0.1, 0.15) is 30.0 Å². The summed E-state index contributed by atoms with van der Waals surface area (Å²) in [6, 6.07) is 15.0. The Morgan fingerprint density at radius 1 is 1.24 bits per heavy atom. The zero-order chi connectivity index (χ0) is 17.6. The highest BCUT2D eigenvalue weighted by atomic mass is 16.5. The summed E-state index contributed by atoms with van der Waals surface area (Å²) in [5.74, 6) is 0.197. The molecule has 2 aromatic rings. The number of para-hydroxylation sites is 1. The lowest BCUT2D eigenvalue weighted by atomic mass is 10.1. The van der Waals surface area contributed by atoms with Gasteiger partial charge in [0, 0.05) is 18.8 Å². The predicted octanol–water partition coefficient (Wildman–Crippen LogP) is 3.30. The minimum absolute atomic E-state index is 0.124. The Labute approximate surface area is 147 Å². The Hall–Kier alpha value is -2.84. The number of amides is 1. The molecule has 0 aliphatic carbocycles. The van der Waals surface area contributed by atoms with E-state index in [1.54, 1.807) is 24.3 Å². The van der Waals surface area contributed by atoms with Crippen LogP contribution >= 0.6 is 0 Å². The van der Waals surface area contributed by atoms with E-state index in [1.807, 2.05) is 12.1 Å². The summed E-state index contributed by atoms with van der Waals surface area (Å²) in [7, 11) is 0. The largest absolute Gasteiger partial charge is 0.482 e. The second-order valence-corrected chi connectivity index (χ2v) is 6.10. The zero-order valence-corrected chi connectivity index (χ0v) is 14.3. The van der Waals surface area contributed by atoms with E-state index in [-0.39, 0.29) is 12.5 Å². The van der Waals surface area contributed by atoms with Gasteiger partial charge in [0.15, 0.2) is 6.61 Å². The van der Waals surface area contributed by atoms with Crippen LogP contribution in [-0.2, 0) is 17.9 Å². The molecule has 0 spiro atoms. The van der Waals surface area contributed by atoms with Crippen molar-refractivity contribution >= 4 is 11.6 Å². The SMILES string of the molecule is CCCN1Cc2cccc(NC(=O)COc3ccccc3C#N)c2C1. The van der Waals surface area contributed by atoms with E-state index < -0.39 is 0 Å². The van der Waals surface area contributed by atoms with E-state index in [2.05, 4.69) is 29.3 Å². The van der Waals surface area contributed by atoms with Gasteiger partial charge in [-0.05, 0) is 42.3 Å². The second kappa shape index (κ2) is 7.82. The summed E-state index contributed by atoms with van der Waals surface area (Å²) >= 11 is 0. The molecule has 5 nitrogen and oxygen atoms in total. The van der Waals surface area contributed by atoms with Gasteiger partial charge in [-0.25, -0.2) is 0 Å². The second-order valence-electron chi connectivity index (χ2n) is 6.10. The van der Waals surface area contributed by atoms with Gasteiger partial charge in [0.1, 0.15) is 11.8 Å². The van der Waals surface area contributed by atoms with Gasteiger partial charge in [-0.3, -0.25) is 9.69 Å². The van der Waals surface area contributed by atoms with Crippen LogP contribution in [0.15, 0.2) is 42.5 Å². The van der Waals surface area contributed by atoms with Crippen molar-refractivity contribution in [2.75, 3.05) is 18.5 Å². The molecule has 0 atom stereocenters. The lowest BCUT2D eigenvalue weighted by Gasteiger charge is -2.13. The minimum atomic E-state index is -0.227. The van der Waals surface area contributed by atoms with Crippen molar-refractivity contribution in [3.63, 3.8) is 0 Å². The maximum Gasteiger partial charge on any atom is 0.262 e. The van der Waals surface area contributed by atoms with Crippen molar-refractivity contribution in [2.45, 2.75) is 26.4 Å². The molecular formula is C20H21N3O2. The molecule has 5 heteroatoms. The van der Waals surface area contributed by atoms with Crippen LogP contribution in [0.25, 0.3) is 0 Å². The molecule has 0 saturated heterocycles. The van der Waals surface area contributed by atoms with Gasteiger partial charge in [0.25, 0.3) is 5.91 Å². The van der Waals surface area contributed by atoms with E-state index in [1.165, 1.54) is 11.1 Å². The first kappa shape index (κ1) is 17.0. The fourth-order valence-electron chi connectivity index (χ4n) is 3.10. The number of nitriles is 1. The first-order valence-electron chi connectivity index (χ1n) is 8.46.